The zero-order valence-corrected chi connectivity index (χ0v) is 26.4. The molecular formula is C29H32F2N10OS2. The summed E-state index contributed by atoms with van der Waals surface area (Å²) in [5.74, 6) is -1.13. The number of thioether (sulfide) groups is 1. The first kappa shape index (κ1) is 30.1. The number of rotatable bonds is 9. The van der Waals surface area contributed by atoms with Crippen LogP contribution in [0.5, 0.6) is 6.01 Å². The molecule has 3 aliphatic rings. The van der Waals surface area contributed by atoms with Gasteiger partial charge in [-0.3, -0.25) is 0 Å². The van der Waals surface area contributed by atoms with Gasteiger partial charge in [-0.05, 0) is 27.1 Å². The standard InChI is InChI=1S/C29H32F2N10OS2/c1-16(17-6-5-7-36-22(17)34)40(4)24-19(9-33)25(38-26(37-24)42-15-27(12-39(2)3)11-29(27,30)31)41-13-28(14-41)21-18(8-32)23(35)44-20(21)10-43-28/h5-7,16H,10-15,35H2,1-4H3,(H2,34,36)/t16-,27-/m1/s1. The number of pyridine rings is 1. The predicted octanol–water partition coefficient (Wildman–Crippen LogP) is 3.97. The second kappa shape index (κ2) is 10.6. The number of nitrogen functional groups attached to an aromatic ring is 2. The smallest absolute Gasteiger partial charge is 0.320 e. The van der Waals surface area contributed by atoms with Crippen LogP contribution in [0.3, 0.4) is 0 Å². The lowest BCUT2D eigenvalue weighted by atomic mass is 9.88. The summed E-state index contributed by atoms with van der Waals surface area (Å²) in [5.41, 5.74) is 13.4. The zero-order chi connectivity index (χ0) is 31.6. The largest absolute Gasteiger partial charge is 0.462 e. The molecule has 44 heavy (non-hydrogen) atoms. The van der Waals surface area contributed by atoms with Crippen LogP contribution in [0.4, 0.5) is 31.2 Å². The Labute approximate surface area is 262 Å². The van der Waals surface area contributed by atoms with Crippen molar-refractivity contribution in [3.63, 3.8) is 0 Å². The van der Waals surface area contributed by atoms with Crippen molar-refractivity contribution in [3.05, 3.63) is 45.5 Å². The Morgan fingerprint density at radius 3 is 2.48 bits per heavy atom. The first-order valence-corrected chi connectivity index (χ1v) is 15.8. The third-order valence-electron chi connectivity index (χ3n) is 8.75. The summed E-state index contributed by atoms with van der Waals surface area (Å²) in [6.45, 7) is 2.75. The van der Waals surface area contributed by atoms with Crippen molar-refractivity contribution >= 4 is 45.6 Å². The normalized spacial score (nSPS) is 21.3. The summed E-state index contributed by atoms with van der Waals surface area (Å²) in [6.07, 6.45) is 1.31. The maximum absolute atomic E-state index is 14.5. The van der Waals surface area contributed by atoms with Gasteiger partial charge in [0.25, 0.3) is 5.92 Å². The molecule has 15 heteroatoms. The highest BCUT2D eigenvalue weighted by Gasteiger charge is 2.71. The van der Waals surface area contributed by atoms with Gasteiger partial charge in [0.1, 0.15) is 35.1 Å². The van der Waals surface area contributed by atoms with E-state index in [1.54, 1.807) is 55.0 Å². The van der Waals surface area contributed by atoms with Crippen molar-refractivity contribution in [2.24, 2.45) is 5.41 Å². The van der Waals surface area contributed by atoms with Crippen LogP contribution in [-0.2, 0) is 10.5 Å². The quantitative estimate of drug-likeness (QED) is 0.348. The van der Waals surface area contributed by atoms with Crippen LogP contribution in [0.25, 0.3) is 0 Å². The van der Waals surface area contributed by atoms with Gasteiger partial charge >= 0.3 is 6.01 Å². The van der Waals surface area contributed by atoms with Gasteiger partial charge in [-0.1, -0.05) is 6.07 Å². The molecule has 0 amide bonds. The number of thiophene rings is 1. The highest BCUT2D eigenvalue weighted by molar-refractivity contribution is 8.00. The molecule has 1 saturated heterocycles. The minimum atomic E-state index is -2.86. The molecule has 11 nitrogen and oxygen atoms in total. The topological polar surface area (TPSA) is 157 Å². The van der Waals surface area contributed by atoms with E-state index >= 15 is 0 Å². The Morgan fingerprint density at radius 2 is 1.86 bits per heavy atom. The molecule has 0 unspecified atom stereocenters. The molecular weight excluding hydrogens is 607 g/mol. The summed E-state index contributed by atoms with van der Waals surface area (Å²) in [6, 6.07) is 7.74. The average Bonchev–Trinajstić information content (AvgIpc) is 3.20. The van der Waals surface area contributed by atoms with E-state index in [1.807, 2.05) is 17.9 Å². The fourth-order valence-corrected chi connectivity index (χ4v) is 9.05. The van der Waals surface area contributed by atoms with Crippen molar-refractivity contribution in [1.29, 1.82) is 10.5 Å². The summed E-state index contributed by atoms with van der Waals surface area (Å²) in [7, 11) is 5.27. The van der Waals surface area contributed by atoms with Gasteiger partial charge in [0.2, 0.25) is 0 Å². The van der Waals surface area contributed by atoms with Crippen LogP contribution < -0.4 is 26.0 Å². The number of nitrogens with two attached hydrogens (primary N) is 2. The third-order valence-corrected chi connectivity index (χ3v) is 11.4. The number of fused-ring (bicyclic) bond motifs is 2. The van der Waals surface area contributed by atoms with E-state index in [9.17, 15) is 19.3 Å². The maximum atomic E-state index is 14.5. The van der Waals surface area contributed by atoms with Gasteiger partial charge in [-0.25, -0.2) is 13.8 Å². The molecule has 3 aromatic heterocycles. The van der Waals surface area contributed by atoms with E-state index < -0.39 is 11.3 Å². The van der Waals surface area contributed by atoms with Crippen LogP contribution in [0.2, 0.25) is 0 Å². The Balaban J connectivity index is 1.37. The SMILES string of the molecule is C[C@H](c1cccnc1N)N(C)c1nc(OC[C@]2(CN(C)C)CC2(F)F)nc(N2CC3(C2)SCc2sc(N)c(C#N)c23)c1C#N. The number of hydrogen-bond acceptors (Lipinski definition) is 13. The van der Waals surface area contributed by atoms with Crippen LogP contribution in [0, 0.1) is 28.1 Å². The van der Waals surface area contributed by atoms with E-state index in [1.165, 1.54) is 11.3 Å². The highest BCUT2D eigenvalue weighted by Crippen LogP contribution is 2.61. The molecule has 1 saturated carbocycles. The Morgan fingerprint density at radius 1 is 1.16 bits per heavy atom. The number of aromatic nitrogens is 3. The van der Waals surface area contributed by atoms with Crippen LogP contribution >= 0.6 is 23.1 Å². The molecule has 4 N–H and O–H groups in total. The van der Waals surface area contributed by atoms with Crippen molar-refractivity contribution in [2.75, 3.05) is 68.7 Å². The lowest BCUT2D eigenvalue weighted by molar-refractivity contribution is 0.0288. The lowest BCUT2D eigenvalue weighted by Gasteiger charge is -2.48. The molecule has 0 aromatic carbocycles. The fourth-order valence-electron chi connectivity index (χ4n) is 6.24. The van der Waals surface area contributed by atoms with Gasteiger partial charge in [-0.15, -0.1) is 23.1 Å². The van der Waals surface area contributed by atoms with Gasteiger partial charge in [0, 0.05) is 61.1 Å². The second-order valence-corrected chi connectivity index (χ2v) is 14.5. The van der Waals surface area contributed by atoms with E-state index in [0.717, 1.165) is 21.8 Å². The number of ether oxygens (including phenoxy) is 1. The third kappa shape index (κ3) is 4.74. The molecule has 1 spiro atoms. The van der Waals surface area contributed by atoms with Crippen LogP contribution in [0.15, 0.2) is 18.3 Å². The number of halogens is 2. The van der Waals surface area contributed by atoms with Crippen molar-refractivity contribution < 1.29 is 13.5 Å². The molecule has 3 aromatic rings. The molecule has 5 heterocycles. The minimum absolute atomic E-state index is 0.0914. The monoisotopic (exact) mass is 638 g/mol. The zero-order valence-electron chi connectivity index (χ0n) is 24.8. The number of alkyl halides is 2. The molecule has 2 aliphatic heterocycles. The van der Waals surface area contributed by atoms with E-state index in [-0.39, 0.29) is 47.8 Å². The molecule has 6 rings (SSSR count). The second-order valence-electron chi connectivity index (χ2n) is 12.0. The molecule has 2 atom stereocenters. The van der Waals surface area contributed by atoms with Crippen molar-refractivity contribution in [3.8, 4) is 18.1 Å². The first-order valence-electron chi connectivity index (χ1n) is 14.0. The Kier molecular flexibility index (Phi) is 7.26. The molecule has 0 radical (unpaired) electrons. The van der Waals surface area contributed by atoms with Crippen LogP contribution in [-0.4, -0.2) is 73.2 Å². The summed E-state index contributed by atoms with van der Waals surface area (Å²) < 4.78 is 34.7. The number of nitriles is 2. The van der Waals surface area contributed by atoms with Gasteiger partial charge in [0.15, 0.2) is 11.6 Å². The van der Waals surface area contributed by atoms with Crippen molar-refractivity contribution in [2.45, 2.75) is 35.8 Å². The summed E-state index contributed by atoms with van der Waals surface area (Å²) in [5, 5.41) is 20.7. The van der Waals surface area contributed by atoms with E-state index in [4.69, 9.17) is 16.2 Å². The Hall–Kier alpha value is -3.92. The Bertz CT molecular complexity index is 1710. The summed E-state index contributed by atoms with van der Waals surface area (Å²) in [4.78, 5) is 20.0. The van der Waals surface area contributed by atoms with Gasteiger partial charge < -0.3 is 30.9 Å². The summed E-state index contributed by atoms with van der Waals surface area (Å²) >= 11 is 3.19. The molecule has 0 bridgehead atoms. The lowest BCUT2D eigenvalue weighted by Crippen LogP contribution is -2.57. The number of nitrogens with zero attached hydrogens (tertiary/aromatic N) is 8. The van der Waals surface area contributed by atoms with Crippen LogP contribution in [0.1, 0.15) is 46.5 Å². The van der Waals surface area contributed by atoms with E-state index in [2.05, 4.69) is 27.1 Å². The highest BCUT2D eigenvalue weighted by atomic mass is 32.2. The average molecular weight is 639 g/mol. The fraction of sp³-hybridized carbons (Fsp3) is 0.483. The minimum Gasteiger partial charge on any atom is -0.462 e. The first-order chi connectivity index (χ1) is 20.8. The van der Waals surface area contributed by atoms with Gasteiger partial charge in [-0.2, -0.15) is 20.5 Å². The maximum Gasteiger partial charge on any atom is 0.320 e. The predicted molar refractivity (Wildman–Crippen MR) is 167 cm³/mol. The van der Waals surface area contributed by atoms with E-state index in [0.29, 0.717) is 35.3 Å². The number of anilines is 4. The molecule has 2 fully saturated rings. The molecule has 1 aliphatic carbocycles. The van der Waals surface area contributed by atoms with Gasteiger partial charge in [0.05, 0.1) is 21.8 Å². The van der Waals surface area contributed by atoms with Crippen molar-refractivity contribution in [1.82, 2.24) is 19.9 Å². The molecule has 230 valence electrons. The number of hydrogen-bond donors (Lipinski definition) is 2.